The molecule has 0 bridgehead atoms. The molecule has 0 saturated carbocycles. The molecule has 0 saturated heterocycles. The monoisotopic (exact) mass is 1010 g/mol. The van der Waals surface area contributed by atoms with Gasteiger partial charge >= 0.3 is 0 Å². The summed E-state index contributed by atoms with van der Waals surface area (Å²) in [6, 6.07) is 38.3. The number of nitrogen functional groups attached to an aromatic ring is 3. The first-order valence-corrected chi connectivity index (χ1v) is 23.8. The fourth-order valence-electron chi connectivity index (χ4n) is 7.98. The number of pyridine rings is 4. The van der Waals surface area contributed by atoms with Crippen LogP contribution in [0, 0.1) is 33.6 Å². The van der Waals surface area contributed by atoms with Crippen LogP contribution in [0.5, 0.6) is 0 Å². The van der Waals surface area contributed by atoms with Gasteiger partial charge in [-0.25, -0.2) is 19.9 Å². The SMILES string of the molecule is C.CC(=O)N1c2cc(C)ccc2Nc2ncccc2C1C.CC(=O)c1cccnc1F.CC(=O)c1cccnc1Nc1ccc(C)cc1N.Cc1ccc(N)c(N)c1.Cc1ccc2c(c1)NC(C)c1cccnc1N2. The molecule has 4 aromatic carbocycles. The molecule has 10 rings (SSSR count). The molecule has 0 fully saturated rings. The molecule has 4 aromatic heterocycles. The molecule has 75 heavy (non-hydrogen) atoms. The van der Waals surface area contributed by atoms with Gasteiger partial charge in [0.15, 0.2) is 11.6 Å². The van der Waals surface area contributed by atoms with Crippen LogP contribution in [-0.4, -0.2) is 37.4 Å². The Bertz CT molecular complexity index is 3290. The number of benzene rings is 4. The van der Waals surface area contributed by atoms with Crippen LogP contribution >= 0.6 is 0 Å². The molecule has 6 heterocycles. The van der Waals surface area contributed by atoms with Gasteiger partial charge in [0, 0.05) is 42.8 Å². The number of carbonyl (C=O) groups is 3. The van der Waals surface area contributed by atoms with Crippen molar-refractivity contribution in [1.82, 2.24) is 19.9 Å². The molecule has 0 spiro atoms. The van der Waals surface area contributed by atoms with Gasteiger partial charge in [0.25, 0.3) is 0 Å². The van der Waals surface area contributed by atoms with Gasteiger partial charge in [0.05, 0.1) is 68.7 Å². The number of rotatable bonds is 4. The number of nitrogens with two attached hydrogens (primary N) is 3. The molecule has 8 aromatic rings. The predicted molar refractivity (Wildman–Crippen MR) is 305 cm³/mol. The lowest BCUT2D eigenvalue weighted by Crippen LogP contribution is -2.31. The Morgan fingerprint density at radius 1 is 0.560 bits per heavy atom. The molecule has 388 valence electrons. The van der Waals surface area contributed by atoms with E-state index in [1.54, 1.807) is 31.5 Å². The van der Waals surface area contributed by atoms with Crippen LogP contribution < -0.4 is 43.4 Å². The van der Waals surface area contributed by atoms with E-state index in [4.69, 9.17) is 17.2 Å². The van der Waals surface area contributed by atoms with E-state index in [-0.39, 0.29) is 42.5 Å². The number of anilines is 11. The zero-order chi connectivity index (χ0) is 53.6. The zero-order valence-electron chi connectivity index (χ0n) is 43.1. The third-order valence-electron chi connectivity index (χ3n) is 11.8. The van der Waals surface area contributed by atoms with E-state index in [1.807, 2.05) is 112 Å². The van der Waals surface area contributed by atoms with Crippen LogP contribution in [0.3, 0.4) is 0 Å². The van der Waals surface area contributed by atoms with Crippen molar-refractivity contribution in [3.63, 3.8) is 0 Å². The minimum absolute atomic E-state index is 0. The van der Waals surface area contributed by atoms with E-state index in [9.17, 15) is 18.8 Å². The largest absolute Gasteiger partial charge is 0.397 e. The number of nitrogens with zero attached hydrogens (tertiary/aromatic N) is 5. The van der Waals surface area contributed by atoms with Gasteiger partial charge < -0.3 is 43.4 Å². The Kier molecular flexibility index (Phi) is 19.6. The number of carbonyl (C=O) groups excluding carboxylic acids is 3. The minimum atomic E-state index is -0.699. The summed E-state index contributed by atoms with van der Waals surface area (Å²) in [4.78, 5) is 52.3. The van der Waals surface area contributed by atoms with E-state index < -0.39 is 5.95 Å². The van der Waals surface area contributed by atoms with Gasteiger partial charge in [-0.3, -0.25) is 14.4 Å². The Balaban J connectivity index is 0.000000178. The maximum absolute atomic E-state index is 12.5. The molecular formula is C59H67FN12O3. The van der Waals surface area contributed by atoms with E-state index in [0.717, 1.165) is 62.3 Å². The van der Waals surface area contributed by atoms with Crippen molar-refractivity contribution in [3.05, 3.63) is 197 Å². The lowest BCUT2D eigenvalue weighted by Gasteiger charge is -2.27. The molecule has 2 aliphatic rings. The lowest BCUT2D eigenvalue weighted by molar-refractivity contribution is -0.117. The normalized spacial score (nSPS) is 13.2. The van der Waals surface area contributed by atoms with Crippen molar-refractivity contribution in [2.45, 2.75) is 81.8 Å². The number of hydrogen-bond donors (Lipinski definition) is 7. The van der Waals surface area contributed by atoms with Crippen molar-refractivity contribution in [2.24, 2.45) is 0 Å². The van der Waals surface area contributed by atoms with Gasteiger partial charge in [-0.05, 0) is 163 Å². The van der Waals surface area contributed by atoms with E-state index >= 15 is 0 Å². The summed E-state index contributed by atoms with van der Waals surface area (Å²) in [6.07, 6.45) is 6.52. The highest BCUT2D eigenvalue weighted by molar-refractivity contribution is 6.00. The topological polar surface area (TPSA) is 232 Å². The number of amides is 1. The van der Waals surface area contributed by atoms with Crippen molar-refractivity contribution in [1.29, 1.82) is 0 Å². The van der Waals surface area contributed by atoms with Crippen molar-refractivity contribution in [2.75, 3.05) is 43.4 Å². The van der Waals surface area contributed by atoms with Crippen LogP contribution in [-0.2, 0) is 4.79 Å². The summed E-state index contributed by atoms with van der Waals surface area (Å²) in [6.45, 7) is 16.7. The zero-order valence-corrected chi connectivity index (χ0v) is 43.1. The van der Waals surface area contributed by atoms with Crippen LogP contribution in [0.15, 0.2) is 146 Å². The molecule has 2 aliphatic heterocycles. The average molecular weight is 1010 g/mol. The molecule has 0 radical (unpaired) electrons. The highest BCUT2D eigenvalue weighted by Gasteiger charge is 2.28. The molecule has 0 aliphatic carbocycles. The summed E-state index contributed by atoms with van der Waals surface area (Å²) >= 11 is 0. The number of fused-ring (bicyclic) bond motifs is 4. The summed E-state index contributed by atoms with van der Waals surface area (Å²) < 4.78 is 12.5. The maximum Gasteiger partial charge on any atom is 0.224 e. The Labute approximate surface area is 439 Å². The second-order valence-electron chi connectivity index (χ2n) is 17.8. The standard InChI is InChI=1S/C16H17N3O.C14H15N3O.C14H15N3.C7H6FNO.C7H10N2.CH4/c1-10-6-7-14-15(9-10)19(12(3)20)11(2)13-5-4-8-17-16(13)18-14;1-9-5-6-13(12(15)8-9)17-14-11(10(2)18)4-3-7-16-14;1-9-5-6-12-13(8-9)16-10(2)11-4-3-7-15-14(11)17-12;1-5(10)6-3-2-4-9-7(6)8;1-5-2-3-6(8)7(9)4-5;/h4-9,11H,1-3H3,(H,17,18);3-8H,15H2,1-2H3,(H,16,17);3-8,10,16H,1-2H3,(H,15,17);2-4H,1H3;2-4H,8-9H2,1H3;1H4. The summed E-state index contributed by atoms with van der Waals surface area (Å²) in [5.74, 6) is 1.28. The lowest BCUT2D eigenvalue weighted by atomic mass is 10.1. The summed E-state index contributed by atoms with van der Waals surface area (Å²) in [5, 5.41) is 13.3. The van der Waals surface area contributed by atoms with Crippen molar-refractivity contribution in [3.8, 4) is 0 Å². The minimum Gasteiger partial charge on any atom is -0.397 e. The summed E-state index contributed by atoms with van der Waals surface area (Å²) in [5.41, 5.74) is 31.0. The molecule has 16 heteroatoms. The fourth-order valence-corrected chi connectivity index (χ4v) is 7.98. The Morgan fingerprint density at radius 3 is 1.65 bits per heavy atom. The van der Waals surface area contributed by atoms with Crippen LogP contribution in [0.25, 0.3) is 0 Å². The van der Waals surface area contributed by atoms with Gasteiger partial charge in [-0.2, -0.15) is 4.39 Å². The number of aryl methyl sites for hydroxylation is 4. The fraction of sp³-hybridized carbons (Fsp3) is 0.203. The number of halogens is 1. The number of hydrogen-bond acceptors (Lipinski definition) is 14. The first kappa shape index (κ1) is 56.7. The molecule has 15 nitrogen and oxygen atoms in total. The number of Topliss-reactive ketones (excluding diaryl/α,β-unsaturated/α-hetero) is 2. The quantitative estimate of drug-likeness (QED) is 0.0494. The van der Waals surface area contributed by atoms with Gasteiger partial charge in [0.1, 0.15) is 17.5 Å². The first-order chi connectivity index (χ1) is 35.3. The highest BCUT2D eigenvalue weighted by atomic mass is 19.1. The number of aromatic nitrogens is 4. The first-order valence-electron chi connectivity index (χ1n) is 23.8. The van der Waals surface area contributed by atoms with Gasteiger partial charge in [-0.15, -0.1) is 0 Å². The maximum atomic E-state index is 12.5. The van der Waals surface area contributed by atoms with Crippen LogP contribution in [0.2, 0.25) is 0 Å². The van der Waals surface area contributed by atoms with Gasteiger partial charge in [0.2, 0.25) is 11.9 Å². The molecule has 1 amide bonds. The van der Waals surface area contributed by atoms with Crippen LogP contribution in [0.1, 0.15) is 108 Å². The molecule has 10 N–H and O–H groups in total. The van der Waals surface area contributed by atoms with Gasteiger partial charge in [-0.1, -0.05) is 43.8 Å². The number of ketones is 2. The molecule has 2 atom stereocenters. The average Bonchev–Trinajstić information content (AvgIpc) is 3.58. The smallest absolute Gasteiger partial charge is 0.224 e. The third-order valence-corrected chi connectivity index (χ3v) is 11.8. The van der Waals surface area contributed by atoms with Crippen molar-refractivity contribution >= 4 is 80.4 Å². The highest BCUT2D eigenvalue weighted by Crippen LogP contribution is 2.41. The van der Waals surface area contributed by atoms with E-state index in [1.165, 1.54) is 43.3 Å². The number of nitrogens with one attached hydrogen (secondary N) is 4. The molecule has 2 unspecified atom stereocenters. The second-order valence-corrected chi connectivity index (χ2v) is 17.8. The predicted octanol–water partition coefficient (Wildman–Crippen LogP) is 13.3. The molecular weight excluding hydrogens is 944 g/mol. The Hall–Kier alpha value is -9.18. The Morgan fingerprint density at radius 2 is 1.07 bits per heavy atom. The second kappa shape index (κ2) is 26.0. The van der Waals surface area contributed by atoms with E-state index in [0.29, 0.717) is 28.4 Å². The van der Waals surface area contributed by atoms with Crippen molar-refractivity contribution < 1.29 is 18.8 Å². The third kappa shape index (κ3) is 14.9. The van der Waals surface area contributed by atoms with E-state index in [2.05, 4.69) is 79.3 Å². The summed E-state index contributed by atoms with van der Waals surface area (Å²) in [7, 11) is 0. The van der Waals surface area contributed by atoms with Crippen LogP contribution in [0.4, 0.5) is 67.3 Å².